The number of benzene rings is 2. The third-order valence-corrected chi connectivity index (χ3v) is 5.04. The van der Waals surface area contributed by atoms with Crippen LogP contribution in [0.3, 0.4) is 0 Å². The van der Waals surface area contributed by atoms with Crippen molar-refractivity contribution in [3.8, 4) is 0 Å². The predicted octanol–water partition coefficient (Wildman–Crippen LogP) is 3.72. The lowest BCUT2D eigenvalue weighted by Crippen LogP contribution is -2.36. The Labute approximate surface area is 175 Å². The zero-order valence-corrected chi connectivity index (χ0v) is 16.9. The molecule has 0 aliphatic carbocycles. The molecule has 0 spiro atoms. The number of nitrogens with one attached hydrogen (secondary N) is 2. The largest absolute Gasteiger partial charge is 0.352 e. The van der Waals surface area contributed by atoms with Gasteiger partial charge in [0.2, 0.25) is 5.91 Å². The number of amides is 3. The summed E-state index contributed by atoms with van der Waals surface area (Å²) in [4.78, 5) is 39.1. The molecule has 6 nitrogen and oxygen atoms in total. The molecule has 0 atom stereocenters. The van der Waals surface area contributed by atoms with Crippen LogP contribution in [-0.2, 0) is 4.79 Å². The van der Waals surface area contributed by atoms with Crippen LogP contribution in [0.1, 0.15) is 46.4 Å². The number of carbonyl (C=O) groups excluding carboxylic acids is 3. The zero-order valence-electron chi connectivity index (χ0n) is 16.1. The van der Waals surface area contributed by atoms with E-state index in [2.05, 4.69) is 10.6 Å². The Kier molecular flexibility index (Phi) is 7.25. The van der Waals surface area contributed by atoms with Gasteiger partial charge in [0.15, 0.2) is 0 Å². The third kappa shape index (κ3) is 5.81. The lowest BCUT2D eigenvalue weighted by molar-refractivity contribution is -0.116. The Bertz CT molecular complexity index is 880. The first-order valence-electron chi connectivity index (χ1n) is 9.76. The Hall–Kier alpha value is -2.86. The molecular formula is C22H24ClN3O3. The molecule has 152 valence electrons. The summed E-state index contributed by atoms with van der Waals surface area (Å²) in [5.74, 6) is -0.635. The minimum absolute atomic E-state index is 0.0857. The molecule has 29 heavy (non-hydrogen) atoms. The van der Waals surface area contributed by atoms with Crippen molar-refractivity contribution in [1.82, 2.24) is 10.2 Å². The average Bonchev–Trinajstić information content (AvgIpc) is 2.74. The van der Waals surface area contributed by atoms with Gasteiger partial charge >= 0.3 is 0 Å². The predicted molar refractivity (Wildman–Crippen MR) is 113 cm³/mol. The van der Waals surface area contributed by atoms with E-state index >= 15 is 0 Å². The van der Waals surface area contributed by atoms with Crippen LogP contribution in [0.4, 0.5) is 5.69 Å². The molecule has 1 aliphatic heterocycles. The summed E-state index contributed by atoms with van der Waals surface area (Å²) in [6.45, 7) is 1.64. The van der Waals surface area contributed by atoms with Gasteiger partial charge in [-0.2, -0.15) is 0 Å². The molecule has 1 heterocycles. The van der Waals surface area contributed by atoms with Gasteiger partial charge in [-0.3, -0.25) is 14.4 Å². The molecule has 1 saturated heterocycles. The topological polar surface area (TPSA) is 78.5 Å². The smallest absolute Gasteiger partial charge is 0.255 e. The number of nitrogens with zero attached hydrogens (tertiary/aromatic N) is 1. The van der Waals surface area contributed by atoms with E-state index in [4.69, 9.17) is 11.6 Å². The fourth-order valence-electron chi connectivity index (χ4n) is 3.27. The summed E-state index contributed by atoms with van der Waals surface area (Å²) in [7, 11) is 0. The molecule has 2 N–H and O–H groups in total. The van der Waals surface area contributed by atoms with Gasteiger partial charge in [0, 0.05) is 36.6 Å². The van der Waals surface area contributed by atoms with Gasteiger partial charge in [-0.05, 0) is 49.6 Å². The van der Waals surface area contributed by atoms with Crippen molar-refractivity contribution in [3.05, 3.63) is 64.7 Å². The first kappa shape index (κ1) is 20.9. The Morgan fingerprint density at radius 1 is 0.966 bits per heavy atom. The number of carbonyl (C=O) groups is 3. The maximum absolute atomic E-state index is 12.8. The quantitative estimate of drug-likeness (QED) is 0.757. The number of rotatable bonds is 6. The summed E-state index contributed by atoms with van der Waals surface area (Å²) in [6, 6.07) is 13.7. The minimum atomic E-state index is -0.298. The third-order valence-electron chi connectivity index (χ3n) is 4.80. The summed E-state index contributed by atoms with van der Waals surface area (Å²) in [5.41, 5.74) is 1.36. The number of anilines is 1. The second-order valence-electron chi connectivity index (χ2n) is 6.96. The number of halogens is 1. The second-order valence-corrected chi connectivity index (χ2v) is 7.40. The van der Waals surface area contributed by atoms with Crippen LogP contribution in [-0.4, -0.2) is 42.3 Å². The van der Waals surface area contributed by atoms with Crippen LogP contribution in [0.15, 0.2) is 48.5 Å². The zero-order chi connectivity index (χ0) is 20.6. The van der Waals surface area contributed by atoms with E-state index in [-0.39, 0.29) is 30.7 Å². The van der Waals surface area contributed by atoms with Crippen molar-refractivity contribution in [2.45, 2.75) is 25.7 Å². The molecule has 0 aromatic heterocycles. The molecule has 2 aromatic carbocycles. The van der Waals surface area contributed by atoms with Gasteiger partial charge in [-0.1, -0.05) is 29.8 Å². The van der Waals surface area contributed by atoms with Crippen molar-refractivity contribution in [2.75, 3.05) is 25.0 Å². The Balaban J connectivity index is 1.58. The molecule has 7 heteroatoms. The van der Waals surface area contributed by atoms with Crippen LogP contribution in [0.2, 0.25) is 5.02 Å². The van der Waals surface area contributed by atoms with Gasteiger partial charge in [-0.15, -0.1) is 0 Å². The maximum atomic E-state index is 12.8. The second kappa shape index (κ2) is 10.1. The van der Waals surface area contributed by atoms with Crippen molar-refractivity contribution < 1.29 is 14.4 Å². The first-order valence-corrected chi connectivity index (χ1v) is 10.1. The molecule has 1 aliphatic rings. The summed E-state index contributed by atoms with van der Waals surface area (Å²) in [6.07, 6.45) is 3.19. The summed E-state index contributed by atoms with van der Waals surface area (Å²) >= 11 is 6.07. The monoisotopic (exact) mass is 413 g/mol. The molecular weight excluding hydrogens is 390 g/mol. The van der Waals surface area contributed by atoms with Gasteiger partial charge in [-0.25, -0.2) is 0 Å². The van der Waals surface area contributed by atoms with Gasteiger partial charge in [0.1, 0.15) is 0 Å². The minimum Gasteiger partial charge on any atom is -0.352 e. The van der Waals surface area contributed by atoms with E-state index in [1.54, 1.807) is 42.5 Å². The van der Waals surface area contributed by atoms with Crippen LogP contribution in [0.25, 0.3) is 0 Å². The van der Waals surface area contributed by atoms with Crippen LogP contribution < -0.4 is 10.6 Å². The van der Waals surface area contributed by atoms with Gasteiger partial charge in [0.05, 0.1) is 11.3 Å². The van der Waals surface area contributed by atoms with Crippen LogP contribution in [0, 0.1) is 0 Å². The van der Waals surface area contributed by atoms with E-state index < -0.39 is 0 Å². The highest BCUT2D eigenvalue weighted by Crippen LogP contribution is 2.24. The average molecular weight is 414 g/mol. The Morgan fingerprint density at radius 2 is 1.69 bits per heavy atom. The van der Waals surface area contributed by atoms with Gasteiger partial charge < -0.3 is 15.5 Å². The van der Waals surface area contributed by atoms with Crippen LogP contribution in [0.5, 0.6) is 0 Å². The van der Waals surface area contributed by atoms with Gasteiger partial charge in [0.25, 0.3) is 11.8 Å². The Morgan fingerprint density at radius 3 is 2.41 bits per heavy atom. The van der Waals surface area contributed by atoms with E-state index in [1.165, 1.54) is 0 Å². The summed E-state index contributed by atoms with van der Waals surface area (Å²) < 4.78 is 0. The van der Waals surface area contributed by atoms with Crippen molar-refractivity contribution in [1.29, 1.82) is 0 Å². The lowest BCUT2D eigenvalue weighted by Gasteiger charge is -2.27. The van der Waals surface area contributed by atoms with E-state index in [1.807, 2.05) is 11.0 Å². The molecule has 0 bridgehead atoms. The number of hydrogen-bond acceptors (Lipinski definition) is 3. The highest BCUT2D eigenvalue weighted by Gasteiger charge is 2.21. The van der Waals surface area contributed by atoms with E-state index in [0.717, 1.165) is 32.4 Å². The summed E-state index contributed by atoms with van der Waals surface area (Å²) in [5, 5.41) is 5.92. The number of likely N-dealkylation sites (tertiary alicyclic amines) is 1. The normalized spacial score (nSPS) is 13.6. The van der Waals surface area contributed by atoms with Crippen molar-refractivity contribution >= 4 is 35.0 Å². The first-order chi connectivity index (χ1) is 14.0. The van der Waals surface area contributed by atoms with Crippen molar-refractivity contribution in [3.63, 3.8) is 0 Å². The fourth-order valence-corrected chi connectivity index (χ4v) is 3.44. The number of hydrogen-bond donors (Lipinski definition) is 2. The molecule has 1 fully saturated rings. The fraction of sp³-hybridized carbons (Fsp3) is 0.318. The lowest BCUT2D eigenvalue weighted by atomic mass is 10.1. The van der Waals surface area contributed by atoms with Crippen molar-refractivity contribution in [2.24, 2.45) is 0 Å². The van der Waals surface area contributed by atoms with E-state index in [9.17, 15) is 14.4 Å². The molecule has 2 aromatic rings. The highest BCUT2D eigenvalue weighted by molar-refractivity contribution is 6.31. The van der Waals surface area contributed by atoms with Crippen LogP contribution >= 0.6 is 11.6 Å². The SMILES string of the molecule is O=C(CCNC(=O)c1ccccc1)Nc1cc(Cl)ccc1C(=O)N1CCCCC1. The molecule has 0 radical (unpaired) electrons. The van der Waals surface area contributed by atoms with E-state index in [0.29, 0.717) is 21.8 Å². The molecule has 0 unspecified atom stereocenters. The standard InChI is InChI=1S/C22H24ClN3O3/c23-17-9-10-18(22(29)26-13-5-2-6-14-26)19(15-17)25-20(27)11-12-24-21(28)16-7-3-1-4-8-16/h1,3-4,7-10,15H,2,5-6,11-14H2,(H,24,28)(H,25,27). The molecule has 0 saturated carbocycles. The number of piperidine rings is 1. The highest BCUT2D eigenvalue weighted by atomic mass is 35.5. The molecule has 3 amide bonds. The maximum Gasteiger partial charge on any atom is 0.255 e. The molecule has 3 rings (SSSR count).